The van der Waals surface area contributed by atoms with Gasteiger partial charge in [0.25, 0.3) is 0 Å². The predicted octanol–water partition coefficient (Wildman–Crippen LogP) is 3.39. The van der Waals surface area contributed by atoms with Crippen molar-refractivity contribution in [3.63, 3.8) is 0 Å². The van der Waals surface area contributed by atoms with Gasteiger partial charge in [-0.3, -0.25) is 0 Å². The summed E-state index contributed by atoms with van der Waals surface area (Å²) in [6.07, 6.45) is 2.68. The standard InChI is InChI=1S/C14H12BrN3/c1-10-5-2-3-6-11(10)9-13-16-14-12(15)7-4-8-18(14)17-13/h2-8H,9H2,1H3. The second kappa shape index (κ2) is 4.53. The molecule has 0 atom stereocenters. The van der Waals surface area contributed by atoms with E-state index in [1.54, 1.807) is 4.52 Å². The number of hydrogen-bond donors (Lipinski definition) is 0. The third kappa shape index (κ3) is 2.04. The van der Waals surface area contributed by atoms with E-state index in [0.29, 0.717) is 0 Å². The lowest BCUT2D eigenvalue weighted by molar-refractivity contribution is 0.896. The zero-order chi connectivity index (χ0) is 12.5. The summed E-state index contributed by atoms with van der Waals surface area (Å²) in [7, 11) is 0. The van der Waals surface area contributed by atoms with Gasteiger partial charge in [0.15, 0.2) is 11.5 Å². The molecule has 0 saturated heterocycles. The van der Waals surface area contributed by atoms with Crippen LogP contribution >= 0.6 is 15.9 Å². The van der Waals surface area contributed by atoms with E-state index in [1.807, 2.05) is 30.5 Å². The number of benzene rings is 1. The summed E-state index contributed by atoms with van der Waals surface area (Å²) in [6.45, 7) is 2.11. The van der Waals surface area contributed by atoms with Crippen molar-refractivity contribution in [2.24, 2.45) is 0 Å². The molecular weight excluding hydrogens is 290 g/mol. The Balaban J connectivity index is 2.01. The Labute approximate surface area is 114 Å². The van der Waals surface area contributed by atoms with Gasteiger partial charge in [0.1, 0.15) is 0 Å². The van der Waals surface area contributed by atoms with Gasteiger partial charge in [-0.25, -0.2) is 9.50 Å². The van der Waals surface area contributed by atoms with Crippen molar-refractivity contribution in [2.75, 3.05) is 0 Å². The number of nitrogens with zero attached hydrogens (tertiary/aromatic N) is 3. The van der Waals surface area contributed by atoms with Gasteiger partial charge in [0.2, 0.25) is 0 Å². The number of halogens is 1. The van der Waals surface area contributed by atoms with Gasteiger partial charge in [0.05, 0.1) is 4.47 Å². The highest BCUT2D eigenvalue weighted by molar-refractivity contribution is 9.10. The fourth-order valence-corrected chi connectivity index (χ4v) is 2.39. The summed E-state index contributed by atoms with van der Waals surface area (Å²) in [5.74, 6) is 0.844. The quantitative estimate of drug-likeness (QED) is 0.726. The molecule has 0 spiro atoms. The largest absolute Gasteiger partial charge is 0.220 e. The smallest absolute Gasteiger partial charge is 0.169 e. The van der Waals surface area contributed by atoms with Crippen molar-refractivity contribution < 1.29 is 0 Å². The van der Waals surface area contributed by atoms with Gasteiger partial charge >= 0.3 is 0 Å². The van der Waals surface area contributed by atoms with Crippen LogP contribution in [0.5, 0.6) is 0 Å². The molecule has 3 nitrogen and oxygen atoms in total. The van der Waals surface area contributed by atoms with Crippen LogP contribution in [0, 0.1) is 6.92 Å². The Morgan fingerprint density at radius 1 is 1.17 bits per heavy atom. The topological polar surface area (TPSA) is 30.2 Å². The van der Waals surface area contributed by atoms with Crippen LogP contribution in [-0.4, -0.2) is 14.6 Å². The number of aromatic nitrogens is 3. The molecule has 3 rings (SSSR count). The summed E-state index contributed by atoms with van der Waals surface area (Å²) in [5, 5.41) is 4.49. The summed E-state index contributed by atoms with van der Waals surface area (Å²) in [4.78, 5) is 4.55. The van der Waals surface area contributed by atoms with Crippen molar-refractivity contribution >= 4 is 21.6 Å². The maximum absolute atomic E-state index is 4.55. The predicted molar refractivity (Wildman–Crippen MR) is 74.7 cm³/mol. The monoisotopic (exact) mass is 301 g/mol. The van der Waals surface area contributed by atoms with Crippen molar-refractivity contribution in [3.8, 4) is 0 Å². The van der Waals surface area contributed by atoms with E-state index >= 15 is 0 Å². The highest BCUT2D eigenvalue weighted by atomic mass is 79.9. The van der Waals surface area contributed by atoms with Crippen LogP contribution in [0.25, 0.3) is 5.65 Å². The Bertz CT molecular complexity index is 703. The molecule has 0 bridgehead atoms. The third-order valence-electron chi connectivity index (χ3n) is 2.97. The first-order valence-corrected chi connectivity index (χ1v) is 6.57. The molecule has 0 saturated carbocycles. The molecule has 2 aromatic heterocycles. The number of hydrogen-bond acceptors (Lipinski definition) is 2. The molecule has 0 aliphatic heterocycles. The van der Waals surface area contributed by atoms with Crippen molar-refractivity contribution in [1.29, 1.82) is 0 Å². The Morgan fingerprint density at radius 2 is 2.00 bits per heavy atom. The minimum atomic E-state index is 0.765. The van der Waals surface area contributed by atoms with Crippen LogP contribution in [-0.2, 0) is 6.42 Å². The summed E-state index contributed by atoms with van der Waals surface area (Å²) >= 11 is 3.49. The molecule has 4 heteroatoms. The summed E-state index contributed by atoms with van der Waals surface area (Å²) in [6, 6.07) is 12.3. The average Bonchev–Trinajstić information content (AvgIpc) is 2.76. The molecule has 0 aliphatic carbocycles. The molecule has 0 amide bonds. The molecular formula is C14H12BrN3. The molecule has 2 heterocycles. The Hall–Kier alpha value is -1.68. The van der Waals surface area contributed by atoms with E-state index in [-0.39, 0.29) is 0 Å². The average molecular weight is 302 g/mol. The van der Waals surface area contributed by atoms with Gasteiger partial charge in [0, 0.05) is 12.6 Å². The van der Waals surface area contributed by atoms with Crippen LogP contribution in [0.2, 0.25) is 0 Å². The fraction of sp³-hybridized carbons (Fsp3) is 0.143. The lowest BCUT2D eigenvalue weighted by Crippen LogP contribution is -1.94. The second-order valence-corrected chi connectivity index (χ2v) is 5.11. The normalized spacial score (nSPS) is 11.0. The number of rotatable bonds is 2. The molecule has 3 aromatic rings. The molecule has 1 aromatic carbocycles. The van der Waals surface area contributed by atoms with Gasteiger partial charge < -0.3 is 0 Å². The summed E-state index contributed by atoms with van der Waals surface area (Å²) < 4.78 is 2.77. The van der Waals surface area contributed by atoms with Gasteiger partial charge in [-0.15, -0.1) is 0 Å². The molecule has 0 aliphatic rings. The first kappa shape index (κ1) is 11.4. The molecule has 0 unspecified atom stereocenters. The molecule has 18 heavy (non-hydrogen) atoms. The van der Waals surface area contributed by atoms with Crippen molar-refractivity contribution in [1.82, 2.24) is 14.6 Å². The maximum Gasteiger partial charge on any atom is 0.169 e. The zero-order valence-corrected chi connectivity index (χ0v) is 11.6. The summed E-state index contributed by atoms with van der Waals surface area (Å²) in [5.41, 5.74) is 3.40. The Kier molecular flexibility index (Phi) is 2.88. The van der Waals surface area contributed by atoms with Crippen LogP contribution < -0.4 is 0 Å². The maximum atomic E-state index is 4.55. The highest BCUT2D eigenvalue weighted by Gasteiger charge is 2.07. The van der Waals surface area contributed by atoms with Crippen LogP contribution in [0.4, 0.5) is 0 Å². The minimum Gasteiger partial charge on any atom is -0.220 e. The van der Waals surface area contributed by atoms with E-state index in [0.717, 1.165) is 22.4 Å². The van der Waals surface area contributed by atoms with Crippen LogP contribution in [0.3, 0.4) is 0 Å². The zero-order valence-electron chi connectivity index (χ0n) is 9.97. The molecule has 90 valence electrons. The van der Waals surface area contributed by atoms with Crippen LogP contribution in [0.15, 0.2) is 47.1 Å². The Morgan fingerprint density at radius 3 is 2.78 bits per heavy atom. The number of aryl methyl sites for hydroxylation is 1. The van der Waals surface area contributed by atoms with Crippen molar-refractivity contribution in [2.45, 2.75) is 13.3 Å². The van der Waals surface area contributed by atoms with E-state index < -0.39 is 0 Å². The number of fused-ring (bicyclic) bond motifs is 1. The van der Waals surface area contributed by atoms with E-state index in [1.165, 1.54) is 11.1 Å². The lowest BCUT2D eigenvalue weighted by atomic mass is 10.1. The van der Waals surface area contributed by atoms with Crippen molar-refractivity contribution in [3.05, 3.63) is 64.0 Å². The van der Waals surface area contributed by atoms with E-state index in [4.69, 9.17) is 0 Å². The van der Waals surface area contributed by atoms with Gasteiger partial charge in [-0.1, -0.05) is 24.3 Å². The fourth-order valence-electron chi connectivity index (χ4n) is 1.97. The lowest BCUT2D eigenvalue weighted by Gasteiger charge is -2.01. The molecule has 0 fully saturated rings. The van der Waals surface area contributed by atoms with E-state index in [2.05, 4.69) is 45.1 Å². The molecule has 0 radical (unpaired) electrons. The first-order chi connectivity index (χ1) is 8.74. The highest BCUT2D eigenvalue weighted by Crippen LogP contribution is 2.17. The number of pyridine rings is 1. The third-order valence-corrected chi connectivity index (χ3v) is 3.59. The van der Waals surface area contributed by atoms with Crippen LogP contribution in [0.1, 0.15) is 17.0 Å². The molecule has 0 N–H and O–H groups in total. The SMILES string of the molecule is Cc1ccccc1Cc1nc2c(Br)cccn2n1. The first-order valence-electron chi connectivity index (χ1n) is 5.78. The van der Waals surface area contributed by atoms with Gasteiger partial charge in [-0.05, 0) is 46.1 Å². The minimum absolute atomic E-state index is 0.765. The van der Waals surface area contributed by atoms with Gasteiger partial charge in [-0.2, -0.15) is 5.10 Å². The van der Waals surface area contributed by atoms with E-state index in [9.17, 15) is 0 Å². The second-order valence-electron chi connectivity index (χ2n) is 4.26.